The van der Waals surface area contributed by atoms with Crippen LogP contribution < -0.4 is 22.1 Å². The van der Waals surface area contributed by atoms with Gasteiger partial charge in [0.05, 0.1) is 11.1 Å². The van der Waals surface area contributed by atoms with Gasteiger partial charge in [0.15, 0.2) is 5.16 Å². The first-order valence-electron chi connectivity index (χ1n) is 7.10. The fraction of sp³-hybridized carbons (Fsp3) is 0.214. The Kier molecular flexibility index (Phi) is 4.59. The number of thiophene rings is 1. The molecule has 3 aromatic heterocycles. The first-order valence-corrected chi connectivity index (χ1v) is 8.90. The van der Waals surface area contributed by atoms with Crippen LogP contribution >= 0.6 is 23.1 Å². The molecule has 130 valence electrons. The zero-order chi connectivity index (χ0) is 18.1. The Hall–Kier alpha value is -2.66. The van der Waals surface area contributed by atoms with Crippen LogP contribution in [0.15, 0.2) is 25.7 Å². The molecule has 4 N–H and O–H groups in total. The largest absolute Gasteiger partial charge is 0.325 e. The van der Waals surface area contributed by atoms with Crippen molar-refractivity contribution in [1.29, 1.82) is 0 Å². The number of H-pyrrole nitrogens is 3. The van der Waals surface area contributed by atoms with E-state index < -0.39 is 17.2 Å². The third-order valence-corrected chi connectivity index (χ3v) is 5.43. The Morgan fingerprint density at radius 2 is 2.00 bits per heavy atom. The predicted molar refractivity (Wildman–Crippen MR) is 96.8 cm³/mol. The molecule has 0 radical (unpaired) electrons. The minimum Gasteiger partial charge on any atom is -0.320 e. The van der Waals surface area contributed by atoms with Gasteiger partial charge in [-0.15, -0.1) is 11.3 Å². The quantitative estimate of drug-likeness (QED) is 0.389. The number of anilines is 1. The number of fused-ring (bicyclic) bond motifs is 1. The molecule has 0 atom stereocenters. The monoisotopic (exact) mass is 379 g/mol. The molecule has 0 saturated heterocycles. The van der Waals surface area contributed by atoms with E-state index in [1.54, 1.807) is 0 Å². The number of aromatic amines is 3. The van der Waals surface area contributed by atoms with Crippen molar-refractivity contribution in [3.63, 3.8) is 0 Å². The molecular weight excluding hydrogens is 366 g/mol. The zero-order valence-electron chi connectivity index (χ0n) is 13.2. The second kappa shape index (κ2) is 6.69. The van der Waals surface area contributed by atoms with Crippen molar-refractivity contribution < 1.29 is 4.79 Å². The summed E-state index contributed by atoms with van der Waals surface area (Å²) in [5.74, 6) is -0.528. The standard InChI is InChI=1S/C14H13N5O4S2/c1-5-6(2)25-12-9(5)11(22)18-14(19-12)24-4-8(20)16-7-3-15-13(23)17-10(7)21/h3H,4H2,1-2H3,(H,16,20)(H,18,19,22)(H2,15,17,21,23). The fourth-order valence-corrected chi connectivity index (χ4v) is 3.87. The number of aromatic nitrogens is 4. The van der Waals surface area contributed by atoms with Crippen LogP contribution in [0.5, 0.6) is 0 Å². The summed E-state index contributed by atoms with van der Waals surface area (Å²) in [6, 6.07) is 0. The van der Waals surface area contributed by atoms with E-state index in [2.05, 4.69) is 20.3 Å². The van der Waals surface area contributed by atoms with Crippen LogP contribution in [0.3, 0.4) is 0 Å². The molecule has 0 fully saturated rings. The lowest BCUT2D eigenvalue weighted by molar-refractivity contribution is -0.113. The lowest BCUT2D eigenvalue weighted by Crippen LogP contribution is -2.27. The molecule has 0 saturated carbocycles. The van der Waals surface area contributed by atoms with Gasteiger partial charge < -0.3 is 15.3 Å². The number of hydrogen-bond acceptors (Lipinski definition) is 7. The molecule has 0 unspecified atom stereocenters. The van der Waals surface area contributed by atoms with E-state index in [0.29, 0.717) is 15.4 Å². The summed E-state index contributed by atoms with van der Waals surface area (Å²) in [5.41, 5.74) is -0.757. The molecule has 25 heavy (non-hydrogen) atoms. The van der Waals surface area contributed by atoms with Gasteiger partial charge in [0.1, 0.15) is 10.5 Å². The van der Waals surface area contributed by atoms with Gasteiger partial charge >= 0.3 is 5.69 Å². The molecule has 1 amide bonds. The average Bonchev–Trinajstić information content (AvgIpc) is 2.83. The zero-order valence-corrected chi connectivity index (χ0v) is 14.8. The average molecular weight is 379 g/mol. The smallest absolute Gasteiger partial charge is 0.320 e. The summed E-state index contributed by atoms with van der Waals surface area (Å²) in [7, 11) is 0. The fourth-order valence-electron chi connectivity index (χ4n) is 2.13. The highest BCUT2D eigenvalue weighted by molar-refractivity contribution is 7.99. The van der Waals surface area contributed by atoms with E-state index in [4.69, 9.17) is 0 Å². The van der Waals surface area contributed by atoms with Gasteiger partial charge in [-0.2, -0.15) is 0 Å². The second-order valence-electron chi connectivity index (χ2n) is 5.16. The van der Waals surface area contributed by atoms with E-state index in [1.807, 2.05) is 18.8 Å². The maximum Gasteiger partial charge on any atom is 0.325 e. The number of hydrogen-bond donors (Lipinski definition) is 4. The normalized spacial score (nSPS) is 11.0. The van der Waals surface area contributed by atoms with Crippen molar-refractivity contribution in [3.05, 3.63) is 47.8 Å². The second-order valence-corrected chi connectivity index (χ2v) is 7.32. The maximum absolute atomic E-state index is 12.2. The number of carbonyl (C=O) groups excluding carboxylic acids is 1. The van der Waals surface area contributed by atoms with Gasteiger partial charge in [-0.3, -0.25) is 19.4 Å². The topological polar surface area (TPSA) is 141 Å². The molecule has 3 aromatic rings. The minimum absolute atomic E-state index is 0.0592. The number of nitrogens with one attached hydrogen (secondary N) is 4. The summed E-state index contributed by atoms with van der Waals surface area (Å²) in [5, 5.41) is 3.27. The van der Waals surface area contributed by atoms with E-state index in [-0.39, 0.29) is 17.0 Å². The lowest BCUT2D eigenvalue weighted by Gasteiger charge is -2.03. The van der Waals surface area contributed by atoms with Crippen LogP contribution in [0.25, 0.3) is 10.2 Å². The lowest BCUT2D eigenvalue weighted by atomic mass is 10.2. The van der Waals surface area contributed by atoms with Crippen LogP contribution in [-0.2, 0) is 4.79 Å². The van der Waals surface area contributed by atoms with E-state index in [0.717, 1.165) is 28.4 Å². The van der Waals surface area contributed by atoms with Crippen LogP contribution in [0, 0.1) is 13.8 Å². The molecular formula is C14H13N5O4S2. The molecule has 0 spiro atoms. The Balaban J connectivity index is 1.74. The number of amides is 1. The van der Waals surface area contributed by atoms with Crippen molar-refractivity contribution in [3.8, 4) is 0 Å². The van der Waals surface area contributed by atoms with Gasteiger partial charge in [-0.05, 0) is 19.4 Å². The van der Waals surface area contributed by atoms with Crippen molar-refractivity contribution in [1.82, 2.24) is 19.9 Å². The molecule has 0 aliphatic carbocycles. The van der Waals surface area contributed by atoms with Gasteiger partial charge in [0.2, 0.25) is 5.91 Å². The van der Waals surface area contributed by atoms with E-state index in [9.17, 15) is 19.2 Å². The van der Waals surface area contributed by atoms with Crippen molar-refractivity contribution in [2.45, 2.75) is 19.0 Å². The van der Waals surface area contributed by atoms with Crippen molar-refractivity contribution in [2.24, 2.45) is 0 Å². The SMILES string of the molecule is Cc1sc2nc(SCC(=O)Nc3c[nH]c(=O)[nH]c3=O)[nH]c(=O)c2c1C. The summed E-state index contributed by atoms with van der Waals surface area (Å²) in [4.78, 5) is 59.5. The minimum atomic E-state index is -0.695. The summed E-state index contributed by atoms with van der Waals surface area (Å²) < 4.78 is 0. The maximum atomic E-state index is 12.2. The first-order chi connectivity index (χ1) is 11.8. The molecule has 0 aliphatic rings. The van der Waals surface area contributed by atoms with Gasteiger partial charge in [-0.25, -0.2) is 9.78 Å². The molecule has 11 heteroatoms. The molecule has 0 aliphatic heterocycles. The highest BCUT2D eigenvalue weighted by atomic mass is 32.2. The van der Waals surface area contributed by atoms with Crippen LogP contribution in [-0.4, -0.2) is 31.6 Å². The van der Waals surface area contributed by atoms with Crippen LogP contribution in [0.1, 0.15) is 10.4 Å². The van der Waals surface area contributed by atoms with Gasteiger partial charge in [0, 0.05) is 11.1 Å². The highest BCUT2D eigenvalue weighted by Gasteiger charge is 2.13. The van der Waals surface area contributed by atoms with Crippen LogP contribution in [0.4, 0.5) is 5.69 Å². The Labute approximate surface area is 147 Å². The Morgan fingerprint density at radius 1 is 1.24 bits per heavy atom. The van der Waals surface area contributed by atoms with Gasteiger partial charge in [0.25, 0.3) is 11.1 Å². The third-order valence-electron chi connectivity index (χ3n) is 3.45. The molecule has 0 aromatic carbocycles. The summed E-state index contributed by atoms with van der Waals surface area (Å²) in [6.07, 6.45) is 1.12. The Morgan fingerprint density at radius 3 is 2.72 bits per heavy atom. The third kappa shape index (κ3) is 3.56. The van der Waals surface area contributed by atoms with Crippen molar-refractivity contribution >= 4 is 44.9 Å². The van der Waals surface area contributed by atoms with E-state index in [1.165, 1.54) is 11.3 Å². The molecule has 3 rings (SSSR count). The summed E-state index contributed by atoms with van der Waals surface area (Å²) in [6.45, 7) is 3.79. The number of rotatable bonds is 4. The molecule has 9 nitrogen and oxygen atoms in total. The Bertz CT molecular complexity index is 1140. The number of nitrogens with zero attached hydrogens (tertiary/aromatic N) is 1. The number of carbonyl (C=O) groups is 1. The van der Waals surface area contributed by atoms with Gasteiger partial charge in [-0.1, -0.05) is 11.8 Å². The predicted octanol–water partition coefficient (Wildman–Crippen LogP) is 0.709. The molecule has 3 heterocycles. The number of thioether (sulfide) groups is 1. The number of aryl methyl sites for hydroxylation is 2. The highest BCUT2D eigenvalue weighted by Crippen LogP contribution is 2.27. The van der Waals surface area contributed by atoms with Crippen LogP contribution in [0.2, 0.25) is 0 Å². The van der Waals surface area contributed by atoms with Crippen molar-refractivity contribution in [2.75, 3.05) is 11.1 Å². The van der Waals surface area contributed by atoms with E-state index >= 15 is 0 Å². The molecule has 0 bridgehead atoms. The first kappa shape index (κ1) is 17.2. The summed E-state index contributed by atoms with van der Waals surface area (Å²) >= 11 is 2.47.